The molecule has 2 aliphatic heterocycles. The van der Waals surface area contributed by atoms with Crippen LogP contribution in [-0.4, -0.2) is 54.1 Å². The minimum Gasteiger partial charge on any atom is -0.362 e. The predicted molar refractivity (Wildman–Crippen MR) is 121 cm³/mol. The van der Waals surface area contributed by atoms with Crippen molar-refractivity contribution in [2.45, 2.75) is 51.5 Å². The Bertz CT molecular complexity index is 911. The maximum atomic E-state index is 13.3. The minimum absolute atomic E-state index is 0.152. The number of hydrogen-bond donors (Lipinski definition) is 2. The van der Waals surface area contributed by atoms with Crippen LogP contribution in [0.15, 0.2) is 30.3 Å². The summed E-state index contributed by atoms with van der Waals surface area (Å²) in [5.74, 6) is 0.533. The maximum Gasteiger partial charge on any atom is 0.169 e. The fourth-order valence-electron chi connectivity index (χ4n) is 6.04. The number of rotatable bonds is 4. The predicted octanol–water partition coefficient (Wildman–Crippen LogP) is 3.53. The highest BCUT2D eigenvalue weighted by Gasteiger charge is 2.44. The number of carbonyl (C=O) groups excluding carboxylic acids is 1. The molecule has 0 amide bonds. The molecular weight excluding hydrogens is 372 g/mol. The molecule has 1 unspecified atom stereocenters. The normalized spacial score (nSPS) is 23.9. The number of nitrogens with zero attached hydrogens (tertiary/aromatic N) is 2. The third-order valence-electron chi connectivity index (χ3n) is 7.74. The van der Waals surface area contributed by atoms with Gasteiger partial charge in [-0.1, -0.05) is 25.1 Å². The first kappa shape index (κ1) is 19.8. The van der Waals surface area contributed by atoms with Crippen LogP contribution in [0, 0.1) is 12.8 Å². The second kappa shape index (κ2) is 7.86. The number of aromatic nitrogens is 1. The van der Waals surface area contributed by atoms with Gasteiger partial charge in [-0.3, -0.25) is 10.1 Å². The number of piperidine rings is 1. The fraction of sp³-hybridized carbons (Fsp3) is 0.560. The van der Waals surface area contributed by atoms with Crippen LogP contribution in [0.2, 0.25) is 0 Å². The number of anilines is 1. The molecule has 5 rings (SSSR count). The molecule has 5 nitrogen and oxygen atoms in total. The van der Waals surface area contributed by atoms with Crippen LogP contribution in [0.1, 0.15) is 53.5 Å². The van der Waals surface area contributed by atoms with Crippen molar-refractivity contribution in [1.82, 2.24) is 15.2 Å². The van der Waals surface area contributed by atoms with E-state index in [2.05, 4.69) is 64.3 Å². The summed E-state index contributed by atoms with van der Waals surface area (Å²) in [6.45, 7) is 9.33. The lowest BCUT2D eigenvalue weighted by Crippen LogP contribution is -2.55. The van der Waals surface area contributed by atoms with Crippen LogP contribution in [-0.2, 0) is 12.8 Å². The van der Waals surface area contributed by atoms with Gasteiger partial charge in [0, 0.05) is 54.7 Å². The highest BCUT2D eigenvalue weighted by Crippen LogP contribution is 2.36. The summed E-state index contributed by atoms with van der Waals surface area (Å²) in [7, 11) is 0. The lowest BCUT2D eigenvalue weighted by molar-refractivity contribution is 0.0821. The van der Waals surface area contributed by atoms with Gasteiger partial charge in [0.2, 0.25) is 0 Å². The number of aryl methyl sites for hydroxylation is 2. The zero-order valence-corrected chi connectivity index (χ0v) is 18.3. The van der Waals surface area contributed by atoms with Gasteiger partial charge in [-0.2, -0.15) is 0 Å². The topological polar surface area (TPSA) is 51.4 Å². The Kier molecular flexibility index (Phi) is 5.19. The van der Waals surface area contributed by atoms with Crippen molar-refractivity contribution in [1.29, 1.82) is 0 Å². The summed E-state index contributed by atoms with van der Waals surface area (Å²) >= 11 is 0. The Labute approximate surface area is 179 Å². The largest absolute Gasteiger partial charge is 0.362 e. The van der Waals surface area contributed by atoms with Crippen LogP contribution in [0.4, 0.5) is 5.69 Å². The lowest BCUT2D eigenvalue weighted by Gasteiger charge is -2.46. The Morgan fingerprint density at radius 3 is 2.67 bits per heavy atom. The van der Waals surface area contributed by atoms with Crippen LogP contribution >= 0.6 is 0 Å². The average molecular weight is 407 g/mol. The van der Waals surface area contributed by atoms with Gasteiger partial charge in [0.05, 0.1) is 12.2 Å². The summed E-state index contributed by atoms with van der Waals surface area (Å²) in [5.41, 5.74) is 6.17. The minimum atomic E-state index is 0.152. The van der Waals surface area contributed by atoms with Gasteiger partial charge in [-0.25, -0.2) is 0 Å². The van der Waals surface area contributed by atoms with E-state index in [4.69, 9.17) is 0 Å². The Balaban J connectivity index is 1.25. The van der Waals surface area contributed by atoms with Crippen molar-refractivity contribution in [2.75, 3.05) is 37.7 Å². The molecule has 2 aromatic rings. The summed E-state index contributed by atoms with van der Waals surface area (Å²) < 4.78 is 0. The molecule has 1 aromatic carbocycles. The number of aromatic amines is 1. The van der Waals surface area contributed by atoms with Crippen LogP contribution < -0.4 is 10.2 Å². The number of para-hydroxylation sites is 1. The van der Waals surface area contributed by atoms with Crippen molar-refractivity contribution in [3.05, 3.63) is 52.8 Å². The first-order valence-corrected chi connectivity index (χ1v) is 11.6. The molecular formula is C25H34N4O. The fourth-order valence-corrected chi connectivity index (χ4v) is 6.04. The van der Waals surface area contributed by atoms with Crippen LogP contribution in [0.25, 0.3) is 0 Å². The summed E-state index contributed by atoms with van der Waals surface area (Å²) in [5, 5.41) is 3.61. The van der Waals surface area contributed by atoms with Gasteiger partial charge in [-0.05, 0) is 56.7 Å². The lowest BCUT2D eigenvalue weighted by atomic mass is 9.82. The summed E-state index contributed by atoms with van der Waals surface area (Å²) in [6, 6.07) is 10.8. The first-order chi connectivity index (χ1) is 14.6. The zero-order valence-electron chi connectivity index (χ0n) is 18.3. The number of hydrogen-bond acceptors (Lipinski definition) is 4. The van der Waals surface area contributed by atoms with Crippen molar-refractivity contribution in [3.63, 3.8) is 0 Å². The maximum absolute atomic E-state index is 13.3. The van der Waals surface area contributed by atoms with E-state index in [1.54, 1.807) is 0 Å². The number of fused-ring (bicyclic) bond motifs is 1. The molecule has 5 heteroatoms. The molecule has 3 heterocycles. The van der Waals surface area contributed by atoms with Crippen molar-refractivity contribution in [2.24, 2.45) is 5.92 Å². The molecule has 160 valence electrons. The summed E-state index contributed by atoms with van der Waals surface area (Å²) in [4.78, 5) is 21.9. The third kappa shape index (κ3) is 3.28. The van der Waals surface area contributed by atoms with E-state index < -0.39 is 0 Å². The van der Waals surface area contributed by atoms with E-state index in [0.717, 1.165) is 70.5 Å². The number of likely N-dealkylation sites (tertiary alicyclic amines) is 1. The zero-order chi connectivity index (χ0) is 20.7. The van der Waals surface area contributed by atoms with Gasteiger partial charge < -0.3 is 14.8 Å². The van der Waals surface area contributed by atoms with Crippen molar-refractivity contribution >= 4 is 11.5 Å². The van der Waals surface area contributed by atoms with Gasteiger partial charge in [-0.15, -0.1) is 0 Å². The quantitative estimate of drug-likeness (QED) is 0.816. The number of carbonyl (C=O) groups is 1. The Morgan fingerprint density at radius 1 is 1.17 bits per heavy atom. The van der Waals surface area contributed by atoms with E-state index in [-0.39, 0.29) is 11.5 Å². The number of Topliss-reactive ketones (excluding diaryl/α,β-unsaturated/α-hetero) is 1. The summed E-state index contributed by atoms with van der Waals surface area (Å²) in [6.07, 6.45) is 5.24. The average Bonchev–Trinajstić information content (AvgIpc) is 3.33. The van der Waals surface area contributed by atoms with E-state index in [1.165, 1.54) is 22.6 Å². The molecule has 0 saturated carbocycles. The second-order valence-electron chi connectivity index (χ2n) is 9.41. The van der Waals surface area contributed by atoms with Gasteiger partial charge in [0.25, 0.3) is 0 Å². The molecule has 1 atom stereocenters. The highest BCUT2D eigenvalue weighted by atomic mass is 16.1. The van der Waals surface area contributed by atoms with Gasteiger partial charge in [0.15, 0.2) is 5.78 Å². The van der Waals surface area contributed by atoms with E-state index in [1.807, 2.05) is 0 Å². The molecule has 30 heavy (non-hydrogen) atoms. The van der Waals surface area contributed by atoms with Crippen LogP contribution in [0.5, 0.6) is 0 Å². The van der Waals surface area contributed by atoms with E-state index >= 15 is 0 Å². The van der Waals surface area contributed by atoms with Crippen molar-refractivity contribution < 1.29 is 4.79 Å². The van der Waals surface area contributed by atoms with Crippen molar-refractivity contribution in [3.8, 4) is 0 Å². The molecule has 0 bridgehead atoms. The molecule has 1 aromatic heterocycles. The Morgan fingerprint density at radius 2 is 1.93 bits per heavy atom. The molecule has 1 aliphatic carbocycles. The molecule has 3 aliphatic rings. The van der Waals surface area contributed by atoms with Crippen LogP contribution in [0.3, 0.4) is 0 Å². The SMILES string of the molecule is CCc1c(C)[nH]c2c1C(=O)C(CN1CCC3(CC1)CNCN3c1ccccc1)CC2. The molecule has 0 radical (unpaired) electrons. The molecule has 2 N–H and O–H groups in total. The smallest absolute Gasteiger partial charge is 0.169 e. The monoisotopic (exact) mass is 406 g/mol. The highest BCUT2D eigenvalue weighted by molar-refractivity contribution is 6.01. The number of nitrogens with one attached hydrogen (secondary N) is 2. The molecule has 1 spiro atoms. The third-order valence-corrected chi connectivity index (χ3v) is 7.74. The second-order valence-corrected chi connectivity index (χ2v) is 9.41. The van der Waals surface area contributed by atoms with E-state index in [9.17, 15) is 4.79 Å². The number of H-pyrrole nitrogens is 1. The van der Waals surface area contributed by atoms with Gasteiger partial charge >= 0.3 is 0 Å². The Hall–Kier alpha value is -2.11. The molecule has 2 fully saturated rings. The first-order valence-electron chi connectivity index (χ1n) is 11.6. The molecule has 2 saturated heterocycles. The standard InChI is InChI=1S/C25H34N4O/c1-3-21-18(2)27-22-10-9-19(24(30)23(21)22)15-28-13-11-25(12-14-28)16-26-17-29(25)20-7-5-4-6-8-20/h4-8,19,26-27H,3,9-17H2,1-2H3. The van der Waals surface area contributed by atoms with E-state index in [0.29, 0.717) is 5.78 Å². The number of ketones is 1. The van der Waals surface area contributed by atoms with Gasteiger partial charge in [0.1, 0.15) is 0 Å². The number of benzene rings is 1.